The first-order valence-electron chi connectivity index (χ1n) is 12.7. The van der Waals surface area contributed by atoms with Crippen LogP contribution in [0.5, 0.6) is 0 Å². The quantitative estimate of drug-likeness (QED) is 0.138. The molecule has 0 aliphatic carbocycles. The van der Waals surface area contributed by atoms with E-state index in [0.29, 0.717) is 12.8 Å². The van der Waals surface area contributed by atoms with Gasteiger partial charge in [-0.25, -0.2) is 14.4 Å². The van der Waals surface area contributed by atoms with Gasteiger partial charge in [0.25, 0.3) is 5.91 Å². The lowest BCUT2D eigenvalue weighted by Crippen LogP contribution is -2.57. The fraction of sp³-hybridized carbons (Fsp3) is 0.750. The second-order valence-corrected chi connectivity index (χ2v) is 9.71. The molecule has 1 aliphatic rings. The summed E-state index contributed by atoms with van der Waals surface area (Å²) < 4.78 is 14.9. The minimum Gasteiger partial charge on any atom is -0.480 e. The summed E-state index contributed by atoms with van der Waals surface area (Å²) in [4.78, 5) is 73.4. The van der Waals surface area contributed by atoms with Crippen molar-refractivity contribution in [3.8, 4) is 0 Å². The Hall–Kier alpha value is -3.42. The van der Waals surface area contributed by atoms with Crippen LogP contribution in [0.1, 0.15) is 67.2 Å². The van der Waals surface area contributed by atoms with Crippen molar-refractivity contribution >= 4 is 35.8 Å². The van der Waals surface area contributed by atoms with Crippen molar-refractivity contribution in [3.63, 3.8) is 0 Å². The van der Waals surface area contributed by atoms with Gasteiger partial charge < -0.3 is 40.6 Å². The number of rotatable bonds is 15. The summed E-state index contributed by atoms with van der Waals surface area (Å²) in [5.74, 6) is -4.24. The average molecular weight is 545 g/mol. The number of alkyl carbamates (subject to hydrolysis) is 1. The predicted octanol–water partition coefficient (Wildman–Crippen LogP) is -0.0192. The van der Waals surface area contributed by atoms with Crippen molar-refractivity contribution in [2.24, 2.45) is 0 Å². The normalized spacial score (nSPS) is 18.7. The molecule has 0 aromatic rings. The lowest BCUT2D eigenvalue weighted by atomic mass is 10.1. The molecule has 1 saturated heterocycles. The van der Waals surface area contributed by atoms with Gasteiger partial charge in [-0.3, -0.25) is 14.4 Å². The number of epoxide rings is 1. The predicted molar refractivity (Wildman–Crippen MR) is 133 cm³/mol. The van der Waals surface area contributed by atoms with Gasteiger partial charge in [-0.1, -0.05) is 26.7 Å². The van der Waals surface area contributed by atoms with Gasteiger partial charge >= 0.3 is 18.0 Å². The third-order valence-corrected chi connectivity index (χ3v) is 5.16. The third-order valence-electron chi connectivity index (χ3n) is 5.16. The maximum Gasteiger partial charge on any atom is 0.408 e. The van der Waals surface area contributed by atoms with Gasteiger partial charge in [-0.15, -0.1) is 0 Å². The van der Waals surface area contributed by atoms with E-state index in [1.807, 2.05) is 6.92 Å². The van der Waals surface area contributed by atoms with Crippen LogP contribution in [0, 0.1) is 0 Å². The van der Waals surface area contributed by atoms with Gasteiger partial charge in [0.05, 0.1) is 6.61 Å². The van der Waals surface area contributed by atoms with E-state index in [2.05, 4.69) is 21.3 Å². The van der Waals surface area contributed by atoms with Crippen molar-refractivity contribution in [2.75, 3.05) is 13.2 Å². The van der Waals surface area contributed by atoms with Crippen molar-refractivity contribution in [1.82, 2.24) is 21.3 Å². The second kappa shape index (κ2) is 15.1. The highest BCUT2D eigenvalue weighted by molar-refractivity contribution is 5.94. The van der Waals surface area contributed by atoms with Crippen LogP contribution in [0.3, 0.4) is 0 Å². The molecule has 4 amide bonds. The van der Waals surface area contributed by atoms with Crippen LogP contribution < -0.4 is 21.3 Å². The minimum atomic E-state index is -1.52. The van der Waals surface area contributed by atoms with E-state index >= 15 is 0 Å². The molecular weight excluding hydrogens is 504 g/mol. The van der Waals surface area contributed by atoms with Gasteiger partial charge in [-0.2, -0.15) is 0 Å². The summed E-state index contributed by atoms with van der Waals surface area (Å²) in [6.07, 6.45) is -1.42. The van der Waals surface area contributed by atoms with Gasteiger partial charge in [0.2, 0.25) is 11.8 Å². The zero-order valence-corrected chi connectivity index (χ0v) is 22.8. The van der Waals surface area contributed by atoms with E-state index in [4.69, 9.17) is 14.2 Å². The van der Waals surface area contributed by atoms with E-state index in [9.17, 15) is 33.9 Å². The molecule has 1 rings (SSSR count). The Morgan fingerprint density at radius 3 is 1.84 bits per heavy atom. The van der Waals surface area contributed by atoms with E-state index in [1.165, 1.54) is 0 Å². The number of carbonyl (C=O) groups is 6. The zero-order valence-electron chi connectivity index (χ0n) is 22.8. The van der Waals surface area contributed by atoms with Gasteiger partial charge in [0, 0.05) is 6.54 Å². The molecular formula is C24H40N4O10. The molecule has 14 heteroatoms. The Kier molecular flexibility index (Phi) is 13.0. The van der Waals surface area contributed by atoms with E-state index in [1.54, 1.807) is 34.6 Å². The molecule has 0 radical (unpaired) electrons. The number of nitrogens with one attached hydrogen (secondary N) is 4. The molecule has 5 atom stereocenters. The Morgan fingerprint density at radius 1 is 0.842 bits per heavy atom. The summed E-state index contributed by atoms with van der Waals surface area (Å²) in [6.45, 7) is 9.88. The number of amides is 4. The highest BCUT2D eigenvalue weighted by Crippen LogP contribution is 2.23. The fourth-order valence-corrected chi connectivity index (χ4v) is 3.33. The summed E-state index contributed by atoms with van der Waals surface area (Å²) in [6, 6.07) is -3.58. The largest absolute Gasteiger partial charge is 0.480 e. The average Bonchev–Trinajstić information content (AvgIpc) is 3.61. The molecule has 14 nitrogen and oxygen atoms in total. The Labute approximate surface area is 221 Å². The first kappa shape index (κ1) is 32.6. The van der Waals surface area contributed by atoms with Gasteiger partial charge in [-0.05, 0) is 40.5 Å². The van der Waals surface area contributed by atoms with E-state index < -0.39 is 78.2 Å². The standard InChI is InChI=1S/C24H40N4O10/c1-7-10-13(26-19(30)14(11-8-2)28-23(35)38-24(4,5)6)18(29)27-15(21(32)33)12-25-20(31)16-17(37-16)22(34)36-9-3/h13-17H,7-12H2,1-6H3,(H,25,31)(H,26,30)(H,27,29)(H,28,35)(H,32,33)/t13-,14-,15-,16+,17+/m0/s1. The van der Waals surface area contributed by atoms with E-state index in [0.717, 1.165) is 0 Å². The number of carboxylic acid groups (broad SMARTS) is 1. The number of aliphatic carboxylic acids is 1. The van der Waals surface area contributed by atoms with Crippen LogP contribution in [-0.4, -0.2) is 89.9 Å². The minimum absolute atomic E-state index is 0.117. The number of carbonyl (C=O) groups excluding carboxylic acids is 5. The fourth-order valence-electron chi connectivity index (χ4n) is 3.33. The smallest absolute Gasteiger partial charge is 0.408 e. The number of carboxylic acids is 1. The van der Waals surface area contributed by atoms with Crippen molar-refractivity contribution in [1.29, 1.82) is 0 Å². The van der Waals surface area contributed by atoms with Crippen LogP contribution in [0.25, 0.3) is 0 Å². The van der Waals surface area contributed by atoms with E-state index in [-0.39, 0.29) is 19.4 Å². The van der Waals surface area contributed by atoms with Gasteiger partial charge in [0.15, 0.2) is 12.2 Å². The maximum absolute atomic E-state index is 12.9. The molecule has 38 heavy (non-hydrogen) atoms. The highest BCUT2D eigenvalue weighted by atomic mass is 16.6. The molecule has 0 saturated carbocycles. The van der Waals surface area contributed by atoms with Crippen LogP contribution in [0.2, 0.25) is 0 Å². The lowest BCUT2D eigenvalue weighted by Gasteiger charge is -2.25. The van der Waals surface area contributed by atoms with Crippen molar-refractivity contribution in [2.45, 2.75) is 103 Å². The third kappa shape index (κ3) is 11.3. The molecule has 1 fully saturated rings. The molecule has 0 spiro atoms. The summed E-state index contributed by atoms with van der Waals surface area (Å²) in [7, 11) is 0. The first-order chi connectivity index (χ1) is 17.7. The highest BCUT2D eigenvalue weighted by Gasteiger charge is 2.51. The molecule has 1 heterocycles. The number of ether oxygens (including phenoxy) is 3. The molecule has 0 aromatic heterocycles. The van der Waals surface area contributed by atoms with Crippen LogP contribution in [0.15, 0.2) is 0 Å². The monoisotopic (exact) mass is 544 g/mol. The van der Waals surface area contributed by atoms with Crippen LogP contribution >= 0.6 is 0 Å². The molecule has 0 aromatic carbocycles. The lowest BCUT2D eigenvalue weighted by molar-refractivity contribution is -0.145. The Morgan fingerprint density at radius 2 is 1.37 bits per heavy atom. The SMILES string of the molecule is CCC[C@H](NC(=O)OC(C)(C)C)C(=O)N[C@@H](CCC)C(=O)N[C@@H](CNC(=O)[C@@H]1O[C@H]1C(=O)OCC)C(=O)O. The Balaban J connectivity index is 2.76. The second-order valence-electron chi connectivity index (χ2n) is 9.71. The van der Waals surface area contributed by atoms with Gasteiger partial charge in [0.1, 0.15) is 23.7 Å². The molecule has 0 bridgehead atoms. The first-order valence-corrected chi connectivity index (χ1v) is 12.7. The topological polar surface area (TPSA) is 202 Å². The molecule has 216 valence electrons. The Bertz CT molecular complexity index is 873. The zero-order chi connectivity index (χ0) is 29.0. The summed E-state index contributed by atoms with van der Waals surface area (Å²) in [5.41, 5.74) is -0.769. The summed E-state index contributed by atoms with van der Waals surface area (Å²) in [5, 5.41) is 19.2. The van der Waals surface area contributed by atoms with Crippen molar-refractivity contribution < 1.29 is 48.1 Å². The number of hydrogen-bond acceptors (Lipinski definition) is 9. The molecule has 1 aliphatic heterocycles. The summed E-state index contributed by atoms with van der Waals surface area (Å²) >= 11 is 0. The van der Waals surface area contributed by atoms with Crippen molar-refractivity contribution in [3.05, 3.63) is 0 Å². The molecule has 5 N–H and O–H groups in total. The van der Waals surface area contributed by atoms with Crippen LogP contribution in [0.4, 0.5) is 4.79 Å². The maximum atomic E-state index is 12.9. The number of hydrogen-bond donors (Lipinski definition) is 5. The number of esters is 1. The van der Waals surface area contributed by atoms with Crippen LogP contribution in [-0.2, 0) is 38.2 Å². The molecule has 0 unspecified atom stereocenters.